The second-order valence-corrected chi connectivity index (χ2v) is 7.61. The highest BCUT2D eigenvalue weighted by Gasteiger charge is 2.30. The molecule has 1 heterocycles. The molecule has 0 saturated carbocycles. The summed E-state index contributed by atoms with van der Waals surface area (Å²) in [6, 6.07) is -0.331. The number of amides is 2. The molecule has 1 rings (SSSR count). The van der Waals surface area contributed by atoms with Gasteiger partial charge in [0, 0.05) is 32.2 Å². The summed E-state index contributed by atoms with van der Waals surface area (Å²) in [5.41, 5.74) is 4.91. The minimum atomic E-state index is -0.557. The van der Waals surface area contributed by atoms with Crippen molar-refractivity contribution in [3.63, 3.8) is 0 Å². The predicted octanol–water partition coefficient (Wildman–Crippen LogP) is 2.22. The quantitative estimate of drug-likeness (QED) is 0.723. The first-order chi connectivity index (χ1) is 9.87. The van der Waals surface area contributed by atoms with Gasteiger partial charge in [0.25, 0.3) is 0 Å². The normalized spacial score (nSPS) is 17.2. The summed E-state index contributed by atoms with van der Waals surface area (Å²) < 4.78 is 10.7. The Balaban J connectivity index is 0.00000484. The molecule has 8 heteroatoms. The molecule has 23 heavy (non-hydrogen) atoms. The smallest absolute Gasteiger partial charge is 0.410 e. The molecule has 0 spiro atoms. The van der Waals surface area contributed by atoms with Crippen LogP contribution in [0.2, 0.25) is 0 Å². The van der Waals surface area contributed by atoms with Gasteiger partial charge in [0.1, 0.15) is 11.2 Å². The molecule has 0 aromatic carbocycles. The average Bonchev–Trinajstić information content (AvgIpc) is 2.46. The minimum absolute atomic E-state index is 0. The van der Waals surface area contributed by atoms with Gasteiger partial charge >= 0.3 is 12.2 Å². The topological polar surface area (TPSA) is 85.1 Å². The Kier molecular flexibility index (Phi) is 7.63. The molecule has 0 atom stereocenters. The van der Waals surface area contributed by atoms with Crippen LogP contribution in [0, 0.1) is 0 Å². The van der Waals surface area contributed by atoms with Crippen LogP contribution in [0.5, 0.6) is 0 Å². The lowest BCUT2D eigenvalue weighted by Crippen LogP contribution is -2.45. The van der Waals surface area contributed by atoms with Gasteiger partial charge in [-0.2, -0.15) is 0 Å². The minimum Gasteiger partial charge on any atom is -0.444 e. The standard InChI is InChI=1S/C15H29N3O4.ClH/c1-14(2,3)21-12(19)17-7-8-18(10-11(16)9-17)13(20)22-15(4,5)6;/h11H,7-10,16H2,1-6H3;1H. The second-order valence-electron chi connectivity index (χ2n) is 7.61. The van der Waals surface area contributed by atoms with E-state index < -0.39 is 23.4 Å². The number of halogens is 1. The molecule has 2 N–H and O–H groups in total. The summed E-state index contributed by atoms with van der Waals surface area (Å²) in [5, 5.41) is 0. The maximum atomic E-state index is 12.1. The van der Waals surface area contributed by atoms with E-state index in [9.17, 15) is 9.59 Å². The van der Waals surface area contributed by atoms with E-state index in [0.29, 0.717) is 26.2 Å². The van der Waals surface area contributed by atoms with Crippen LogP contribution in [-0.2, 0) is 9.47 Å². The number of ether oxygens (including phenoxy) is 2. The molecule has 0 aromatic heterocycles. The molecule has 0 radical (unpaired) electrons. The molecule has 1 fully saturated rings. The molecule has 2 amide bonds. The predicted molar refractivity (Wildman–Crippen MR) is 90.8 cm³/mol. The number of nitrogens with two attached hydrogens (primary N) is 1. The Bertz CT molecular complexity index is 380. The van der Waals surface area contributed by atoms with Gasteiger partial charge in [0.2, 0.25) is 0 Å². The lowest BCUT2D eigenvalue weighted by atomic mass is 10.2. The van der Waals surface area contributed by atoms with Crippen molar-refractivity contribution in [1.29, 1.82) is 0 Å². The van der Waals surface area contributed by atoms with Gasteiger partial charge in [-0.25, -0.2) is 9.59 Å². The monoisotopic (exact) mass is 351 g/mol. The number of hydrogen-bond donors (Lipinski definition) is 1. The molecular formula is C15H30ClN3O4. The summed E-state index contributed by atoms with van der Waals surface area (Å²) in [5.74, 6) is 0. The van der Waals surface area contributed by atoms with Gasteiger partial charge in [0.15, 0.2) is 0 Å². The SMILES string of the molecule is CC(C)(C)OC(=O)N1CCN(C(=O)OC(C)(C)C)CC(N)C1.Cl. The second kappa shape index (κ2) is 8.06. The molecule has 0 aliphatic carbocycles. The summed E-state index contributed by atoms with van der Waals surface area (Å²) in [4.78, 5) is 27.3. The van der Waals surface area contributed by atoms with Crippen molar-refractivity contribution >= 4 is 24.6 Å². The molecule has 7 nitrogen and oxygen atoms in total. The summed E-state index contributed by atoms with van der Waals surface area (Å²) in [6.45, 7) is 12.4. The van der Waals surface area contributed by atoms with Gasteiger partial charge in [-0.05, 0) is 41.5 Å². The zero-order valence-corrected chi connectivity index (χ0v) is 15.7. The Morgan fingerprint density at radius 1 is 0.870 bits per heavy atom. The van der Waals surface area contributed by atoms with Crippen molar-refractivity contribution in [3.05, 3.63) is 0 Å². The van der Waals surface area contributed by atoms with Crippen LogP contribution in [0.1, 0.15) is 41.5 Å². The van der Waals surface area contributed by atoms with E-state index in [-0.39, 0.29) is 18.4 Å². The highest BCUT2D eigenvalue weighted by molar-refractivity contribution is 5.85. The molecule has 1 aliphatic heterocycles. The van der Waals surface area contributed by atoms with E-state index in [2.05, 4.69) is 0 Å². The van der Waals surface area contributed by atoms with E-state index in [4.69, 9.17) is 15.2 Å². The lowest BCUT2D eigenvalue weighted by Gasteiger charge is -2.27. The van der Waals surface area contributed by atoms with Crippen LogP contribution in [0.15, 0.2) is 0 Å². The zero-order valence-electron chi connectivity index (χ0n) is 14.9. The molecular weight excluding hydrogens is 322 g/mol. The van der Waals surface area contributed by atoms with Crippen LogP contribution >= 0.6 is 12.4 Å². The van der Waals surface area contributed by atoms with Crippen molar-refractivity contribution in [2.75, 3.05) is 26.2 Å². The molecule has 136 valence electrons. The molecule has 0 aromatic rings. The van der Waals surface area contributed by atoms with Crippen molar-refractivity contribution in [3.8, 4) is 0 Å². The van der Waals surface area contributed by atoms with Gasteiger partial charge in [0.05, 0.1) is 0 Å². The number of carbonyl (C=O) groups excluding carboxylic acids is 2. The first kappa shape index (κ1) is 21.8. The van der Waals surface area contributed by atoms with Crippen LogP contribution in [-0.4, -0.2) is 65.4 Å². The third kappa shape index (κ3) is 8.27. The van der Waals surface area contributed by atoms with Crippen LogP contribution in [0.3, 0.4) is 0 Å². The third-order valence-electron chi connectivity index (χ3n) is 2.85. The fourth-order valence-electron chi connectivity index (χ4n) is 2.03. The maximum absolute atomic E-state index is 12.1. The zero-order chi connectivity index (χ0) is 17.1. The van der Waals surface area contributed by atoms with Gasteiger partial charge in [-0.1, -0.05) is 0 Å². The largest absolute Gasteiger partial charge is 0.444 e. The van der Waals surface area contributed by atoms with Gasteiger partial charge < -0.3 is 25.0 Å². The fraction of sp³-hybridized carbons (Fsp3) is 0.867. The molecule has 0 unspecified atom stereocenters. The van der Waals surface area contributed by atoms with Crippen molar-refractivity contribution in [2.24, 2.45) is 5.73 Å². The number of rotatable bonds is 0. The lowest BCUT2D eigenvalue weighted by molar-refractivity contribution is 0.0200. The summed E-state index contributed by atoms with van der Waals surface area (Å²) >= 11 is 0. The number of nitrogens with zero attached hydrogens (tertiary/aromatic N) is 2. The summed E-state index contributed by atoms with van der Waals surface area (Å²) in [7, 11) is 0. The Hall–Kier alpha value is -1.21. The van der Waals surface area contributed by atoms with E-state index in [1.165, 1.54) is 0 Å². The highest BCUT2D eigenvalue weighted by atomic mass is 35.5. The van der Waals surface area contributed by atoms with E-state index in [1.54, 1.807) is 9.80 Å². The van der Waals surface area contributed by atoms with Crippen molar-refractivity contribution in [2.45, 2.75) is 58.8 Å². The Morgan fingerprint density at radius 3 is 1.43 bits per heavy atom. The average molecular weight is 352 g/mol. The molecule has 1 saturated heterocycles. The molecule has 1 aliphatic rings. The Labute approximate surface area is 144 Å². The Morgan fingerprint density at radius 2 is 1.17 bits per heavy atom. The van der Waals surface area contributed by atoms with Gasteiger partial charge in [-0.15, -0.1) is 12.4 Å². The van der Waals surface area contributed by atoms with E-state index in [1.807, 2.05) is 41.5 Å². The first-order valence-corrected chi connectivity index (χ1v) is 7.59. The van der Waals surface area contributed by atoms with Crippen LogP contribution in [0.4, 0.5) is 9.59 Å². The fourth-order valence-corrected chi connectivity index (χ4v) is 2.03. The van der Waals surface area contributed by atoms with Crippen LogP contribution < -0.4 is 5.73 Å². The molecule has 0 bridgehead atoms. The van der Waals surface area contributed by atoms with E-state index >= 15 is 0 Å². The number of hydrogen-bond acceptors (Lipinski definition) is 5. The third-order valence-corrected chi connectivity index (χ3v) is 2.85. The van der Waals surface area contributed by atoms with Gasteiger partial charge in [-0.3, -0.25) is 0 Å². The number of carbonyl (C=O) groups is 2. The maximum Gasteiger partial charge on any atom is 0.410 e. The van der Waals surface area contributed by atoms with Crippen LogP contribution in [0.25, 0.3) is 0 Å². The summed E-state index contributed by atoms with van der Waals surface area (Å²) in [6.07, 6.45) is -0.817. The first-order valence-electron chi connectivity index (χ1n) is 7.59. The van der Waals surface area contributed by atoms with E-state index in [0.717, 1.165) is 0 Å². The van der Waals surface area contributed by atoms with Crippen molar-refractivity contribution in [1.82, 2.24) is 9.80 Å². The highest BCUT2D eigenvalue weighted by Crippen LogP contribution is 2.14. The van der Waals surface area contributed by atoms with Crippen molar-refractivity contribution < 1.29 is 19.1 Å².